The summed E-state index contributed by atoms with van der Waals surface area (Å²) in [5, 5.41) is 11.6. The average molecular weight is 640 g/mol. The van der Waals surface area contributed by atoms with Crippen LogP contribution in [-0.2, 0) is 4.74 Å². The van der Waals surface area contributed by atoms with Crippen LogP contribution < -0.4 is 15.6 Å². The molecule has 1 atom stereocenters. The standard InChI is InChI=1S/C16H27NO.C10H11N3OS.C9H15N.CH4O/c1-5-6-14(2)7-8-15(3)18-13-16-9-11-17(4)12-10-16;1-11-10(14)8-4-2-7(3-5-8)9-6-15-13-12-9;1-5-6-9(4)10-7-8(2)3;1-2/h5-8,15-16H,1,9-13H2,2-4H3;2-6,12-13H,1H3,(H,11,14);6-7H,2,5H2,1,3-4H3;2H,1H3/b8-7-,14-6-;;9-6-,10-7?;. The lowest BCUT2D eigenvalue weighted by Crippen LogP contribution is -2.32. The summed E-state index contributed by atoms with van der Waals surface area (Å²) >= 11 is 1.49. The van der Waals surface area contributed by atoms with E-state index in [1.807, 2.05) is 43.5 Å². The largest absolute Gasteiger partial charge is 0.400 e. The fourth-order valence-electron chi connectivity index (χ4n) is 3.95. The first kappa shape index (κ1) is 41.8. The van der Waals surface area contributed by atoms with Gasteiger partial charge in [-0.3, -0.25) is 9.79 Å². The number of aliphatic hydroxyl groups excluding tert-OH is 1. The molecule has 9 heteroatoms. The highest BCUT2D eigenvalue weighted by atomic mass is 32.2. The first-order chi connectivity index (χ1) is 21.6. The zero-order chi connectivity index (χ0) is 34.0. The predicted molar refractivity (Wildman–Crippen MR) is 196 cm³/mol. The molecule has 1 saturated heterocycles. The maximum atomic E-state index is 11.3. The first-order valence-electron chi connectivity index (χ1n) is 15.4. The van der Waals surface area contributed by atoms with Crippen molar-refractivity contribution >= 4 is 29.8 Å². The number of rotatable bonds is 11. The van der Waals surface area contributed by atoms with Crippen molar-refractivity contribution in [3.8, 4) is 0 Å². The highest BCUT2D eigenvalue weighted by Gasteiger charge is 2.17. The number of aliphatic hydroxyl groups is 1. The van der Waals surface area contributed by atoms with Crippen LogP contribution in [-0.4, -0.2) is 69.1 Å². The van der Waals surface area contributed by atoms with Gasteiger partial charge < -0.3 is 25.5 Å². The van der Waals surface area contributed by atoms with Crippen molar-refractivity contribution < 1.29 is 14.6 Å². The summed E-state index contributed by atoms with van der Waals surface area (Å²) in [5.74, 6) is 0.671. The molecular formula is C36H57N5O3S. The second-order valence-corrected chi connectivity index (χ2v) is 11.4. The van der Waals surface area contributed by atoms with Crippen molar-refractivity contribution in [3.05, 3.63) is 101 Å². The number of aliphatic imine (C=N–C) groups is 1. The van der Waals surface area contributed by atoms with Crippen LogP contribution in [0.3, 0.4) is 0 Å². The van der Waals surface area contributed by atoms with Crippen LogP contribution in [0, 0.1) is 5.92 Å². The second kappa shape index (κ2) is 26.1. The summed E-state index contributed by atoms with van der Waals surface area (Å²) in [6, 6.07) is 7.44. The maximum Gasteiger partial charge on any atom is 0.251 e. The molecule has 0 bridgehead atoms. The van der Waals surface area contributed by atoms with Crippen LogP contribution in [0.1, 0.15) is 69.8 Å². The Morgan fingerprint density at radius 2 is 1.87 bits per heavy atom. The minimum absolute atomic E-state index is 0.0672. The van der Waals surface area contributed by atoms with Crippen molar-refractivity contribution in [2.24, 2.45) is 10.9 Å². The Morgan fingerprint density at radius 3 is 2.38 bits per heavy atom. The van der Waals surface area contributed by atoms with Gasteiger partial charge in [0.15, 0.2) is 0 Å². The number of nitrogens with zero attached hydrogens (tertiary/aromatic N) is 2. The summed E-state index contributed by atoms with van der Waals surface area (Å²) in [7, 11) is 4.81. The van der Waals surface area contributed by atoms with Crippen molar-refractivity contribution in [1.82, 2.24) is 20.5 Å². The number of likely N-dealkylation sites (tertiary alicyclic amines) is 1. The van der Waals surface area contributed by atoms with Crippen LogP contribution in [0.4, 0.5) is 0 Å². The summed E-state index contributed by atoms with van der Waals surface area (Å²) in [6.45, 7) is 20.9. The SMILES string of the molecule is C=C(C)C=N/C(C)=C\CC.C=C/C=C(C)\C=C/C(C)OCC1CCN(C)CC1.CNC(=O)c1ccc(C2=CSNN2)cc1.CO. The highest BCUT2D eigenvalue weighted by molar-refractivity contribution is 8.00. The van der Waals surface area contributed by atoms with Crippen LogP contribution in [0.25, 0.3) is 5.70 Å². The van der Waals surface area contributed by atoms with Gasteiger partial charge in [-0.2, -0.15) is 4.83 Å². The third kappa shape index (κ3) is 20.4. The Kier molecular flexibility index (Phi) is 24.2. The fourth-order valence-corrected chi connectivity index (χ4v) is 4.49. The molecule has 1 fully saturated rings. The molecule has 0 saturated carbocycles. The summed E-state index contributed by atoms with van der Waals surface area (Å²) in [4.78, 5) is 20.7. The number of carbonyl (C=O) groups excluding carboxylic acids is 1. The van der Waals surface area contributed by atoms with Crippen LogP contribution in [0.5, 0.6) is 0 Å². The predicted octanol–water partition coefficient (Wildman–Crippen LogP) is 7.08. The van der Waals surface area contributed by atoms with Gasteiger partial charge in [0.05, 0.1) is 18.4 Å². The van der Waals surface area contributed by atoms with Gasteiger partial charge in [0, 0.05) is 37.0 Å². The number of nitrogens with one attached hydrogen (secondary N) is 3. The molecule has 0 radical (unpaired) electrons. The van der Waals surface area contributed by atoms with Gasteiger partial charge in [0.25, 0.3) is 5.91 Å². The Morgan fingerprint density at radius 1 is 1.22 bits per heavy atom. The minimum Gasteiger partial charge on any atom is -0.400 e. The van der Waals surface area contributed by atoms with Crippen molar-refractivity contribution in [2.45, 2.75) is 60.0 Å². The molecule has 2 heterocycles. The van der Waals surface area contributed by atoms with E-state index < -0.39 is 0 Å². The molecule has 2 aliphatic heterocycles. The zero-order valence-corrected chi connectivity index (χ0v) is 29.5. The second-order valence-electron chi connectivity index (χ2n) is 10.7. The minimum atomic E-state index is -0.0672. The van der Waals surface area contributed by atoms with Gasteiger partial charge in [-0.05, 0) is 108 Å². The van der Waals surface area contributed by atoms with Gasteiger partial charge in [-0.1, -0.05) is 68.2 Å². The van der Waals surface area contributed by atoms with E-state index in [-0.39, 0.29) is 12.0 Å². The van der Waals surface area contributed by atoms with Crippen LogP contribution in [0.2, 0.25) is 0 Å². The van der Waals surface area contributed by atoms with Crippen molar-refractivity contribution in [3.63, 3.8) is 0 Å². The smallest absolute Gasteiger partial charge is 0.251 e. The van der Waals surface area contributed by atoms with E-state index in [1.54, 1.807) is 25.4 Å². The number of amides is 1. The molecule has 0 aliphatic carbocycles. The summed E-state index contributed by atoms with van der Waals surface area (Å²) in [6.07, 6.45) is 15.7. The molecule has 1 unspecified atom stereocenters. The maximum absolute atomic E-state index is 11.3. The monoisotopic (exact) mass is 639 g/mol. The van der Waals surface area contributed by atoms with E-state index in [0.717, 1.165) is 48.6 Å². The topological polar surface area (TPSA) is 98.2 Å². The number of benzene rings is 1. The summed E-state index contributed by atoms with van der Waals surface area (Å²) < 4.78 is 5.89. The van der Waals surface area contributed by atoms with Crippen LogP contribution >= 0.6 is 11.9 Å². The first-order valence-corrected chi connectivity index (χ1v) is 16.3. The third-order valence-corrected chi connectivity index (χ3v) is 7.11. The van der Waals surface area contributed by atoms with E-state index in [1.165, 1.54) is 43.5 Å². The van der Waals surface area contributed by atoms with Gasteiger partial charge >= 0.3 is 0 Å². The normalized spacial score (nSPS) is 16.2. The molecule has 4 N–H and O–H groups in total. The Bertz CT molecular complexity index is 1150. The number of piperidine rings is 1. The molecule has 0 spiro atoms. The van der Waals surface area contributed by atoms with E-state index in [9.17, 15) is 4.79 Å². The number of hydrogen-bond donors (Lipinski definition) is 4. The fraction of sp³-hybridized carbons (Fsp3) is 0.444. The molecule has 1 aromatic carbocycles. The Labute approximate surface area is 277 Å². The highest BCUT2D eigenvalue weighted by Crippen LogP contribution is 2.19. The van der Waals surface area contributed by atoms with Gasteiger partial charge in [-0.15, -0.1) is 0 Å². The van der Waals surface area contributed by atoms with Crippen LogP contribution in [0.15, 0.2) is 95.0 Å². The van der Waals surface area contributed by atoms with Gasteiger partial charge in [0.1, 0.15) is 0 Å². The Balaban J connectivity index is 0.000000651. The van der Waals surface area contributed by atoms with Crippen molar-refractivity contribution in [1.29, 1.82) is 0 Å². The quantitative estimate of drug-likeness (QED) is 0.117. The lowest BCUT2D eigenvalue weighted by molar-refractivity contribution is 0.0468. The van der Waals surface area contributed by atoms with Crippen molar-refractivity contribution in [2.75, 3.05) is 40.9 Å². The van der Waals surface area contributed by atoms with Gasteiger partial charge in [-0.25, -0.2) is 0 Å². The third-order valence-electron chi connectivity index (χ3n) is 6.54. The number of hydrogen-bond acceptors (Lipinski definition) is 8. The lowest BCUT2D eigenvalue weighted by atomic mass is 9.98. The van der Waals surface area contributed by atoms with E-state index in [0.29, 0.717) is 5.56 Å². The zero-order valence-electron chi connectivity index (χ0n) is 28.7. The van der Waals surface area contributed by atoms with Gasteiger partial charge in [0.2, 0.25) is 0 Å². The number of hydrazine groups is 1. The Hall–Kier alpha value is -3.21. The molecule has 0 aromatic heterocycles. The molecule has 1 aromatic rings. The molecule has 45 heavy (non-hydrogen) atoms. The molecule has 2 aliphatic rings. The number of ether oxygens (including phenoxy) is 1. The molecule has 8 nitrogen and oxygen atoms in total. The average Bonchev–Trinajstić information content (AvgIpc) is 3.59. The van der Waals surface area contributed by atoms with E-state index >= 15 is 0 Å². The van der Waals surface area contributed by atoms with E-state index in [4.69, 9.17) is 9.84 Å². The lowest BCUT2D eigenvalue weighted by Gasteiger charge is -2.29. The molecule has 250 valence electrons. The number of carbonyl (C=O) groups is 1. The summed E-state index contributed by atoms with van der Waals surface area (Å²) in [5.41, 5.74) is 9.01. The molecule has 3 rings (SSSR count). The number of allylic oxidation sites excluding steroid dienone is 7. The molecular weight excluding hydrogens is 582 g/mol. The van der Waals surface area contributed by atoms with E-state index in [2.05, 4.69) is 84.7 Å². The molecule has 1 amide bonds.